The van der Waals surface area contributed by atoms with Crippen molar-refractivity contribution in [3.8, 4) is 11.5 Å². The highest BCUT2D eigenvalue weighted by Gasteiger charge is 2.33. The number of aliphatic hydroxyl groups is 1. The van der Waals surface area contributed by atoms with Crippen molar-refractivity contribution in [2.24, 2.45) is 5.92 Å². The monoisotopic (exact) mass is 321 g/mol. The molecule has 2 fully saturated rings. The molecule has 5 heteroatoms. The molecule has 0 aromatic heterocycles. The lowest BCUT2D eigenvalue weighted by Gasteiger charge is -2.28. The minimum Gasteiger partial charge on any atom is -0.497 e. The molecule has 1 saturated carbocycles. The van der Waals surface area contributed by atoms with E-state index in [0.717, 1.165) is 37.5 Å². The second kappa shape index (κ2) is 7.51. The van der Waals surface area contributed by atoms with E-state index >= 15 is 0 Å². The summed E-state index contributed by atoms with van der Waals surface area (Å²) in [4.78, 5) is 2.42. The van der Waals surface area contributed by atoms with Gasteiger partial charge < -0.3 is 19.3 Å². The van der Waals surface area contributed by atoms with Gasteiger partial charge in [-0.2, -0.15) is 0 Å². The van der Waals surface area contributed by atoms with E-state index < -0.39 is 6.10 Å². The number of benzene rings is 1. The fraction of sp³-hybridized carbons (Fsp3) is 0.667. The van der Waals surface area contributed by atoms with E-state index in [9.17, 15) is 5.11 Å². The first-order valence-corrected chi connectivity index (χ1v) is 8.43. The Morgan fingerprint density at radius 1 is 1.26 bits per heavy atom. The first kappa shape index (κ1) is 16.6. The van der Waals surface area contributed by atoms with E-state index in [2.05, 4.69) is 4.90 Å². The number of rotatable bonds is 8. The van der Waals surface area contributed by atoms with Crippen molar-refractivity contribution in [3.63, 3.8) is 0 Å². The summed E-state index contributed by atoms with van der Waals surface area (Å²) in [5.41, 5.74) is 0.792. The van der Waals surface area contributed by atoms with Gasteiger partial charge in [0, 0.05) is 31.3 Å². The number of aliphatic hydroxyl groups excluding tert-OH is 1. The molecule has 0 spiro atoms. The summed E-state index contributed by atoms with van der Waals surface area (Å²) in [7, 11) is 3.26. The second-order valence-electron chi connectivity index (χ2n) is 6.54. The van der Waals surface area contributed by atoms with Crippen molar-refractivity contribution < 1.29 is 19.3 Å². The summed E-state index contributed by atoms with van der Waals surface area (Å²) in [5, 5.41) is 10.8. The molecule has 1 saturated heterocycles. The first-order chi connectivity index (χ1) is 11.2. The third-order valence-corrected chi connectivity index (χ3v) is 4.78. The Labute approximate surface area is 138 Å². The van der Waals surface area contributed by atoms with Crippen LogP contribution in [0.5, 0.6) is 11.5 Å². The molecular formula is C18H27NO4. The van der Waals surface area contributed by atoms with Gasteiger partial charge in [-0.05, 0) is 43.4 Å². The van der Waals surface area contributed by atoms with Crippen molar-refractivity contribution in [2.75, 3.05) is 40.5 Å². The molecule has 2 unspecified atom stereocenters. The normalized spacial score (nSPS) is 22.3. The third kappa shape index (κ3) is 4.16. The lowest BCUT2D eigenvalue weighted by molar-refractivity contribution is 0.0921. The molecule has 1 heterocycles. The van der Waals surface area contributed by atoms with E-state index in [1.807, 2.05) is 18.2 Å². The van der Waals surface area contributed by atoms with E-state index in [0.29, 0.717) is 24.3 Å². The molecule has 2 aliphatic rings. The van der Waals surface area contributed by atoms with Crippen molar-refractivity contribution in [3.05, 3.63) is 23.8 Å². The summed E-state index contributed by atoms with van der Waals surface area (Å²) in [6.45, 7) is 3.36. The quantitative estimate of drug-likeness (QED) is 0.796. The van der Waals surface area contributed by atoms with Gasteiger partial charge in [0.2, 0.25) is 0 Å². The number of nitrogens with zero attached hydrogens (tertiary/aromatic N) is 1. The van der Waals surface area contributed by atoms with Crippen LogP contribution in [-0.4, -0.2) is 56.6 Å². The van der Waals surface area contributed by atoms with Gasteiger partial charge in [-0.25, -0.2) is 0 Å². The van der Waals surface area contributed by atoms with E-state index in [-0.39, 0.29) is 0 Å². The van der Waals surface area contributed by atoms with Crippen LogP contribution in [0.3, 0.4) is 0 Å². The molecular weight excluding hydrogens is 294 g/mol. The second-order valence-corrected chi connectivity index (χ2v) is 6.54. The fourth-order valence-electron chi connectivity index (χ4n) is 3.29. The van der Waals surface area contributed by atoms with Crippen LogP contribution in [0.1, 0.15) is 30.9 Å². The molecule has 23 heavy (non-hydrogen) atoms. The average molecular weight is 321 g/mol. The molecule has 5 nitrogen and oxygen atoms in total. The first-order valence-electron chi connectivity index (χ1n) is 8.43. The van der Waals surface area contributed by atoms with Crippen LogP contribution in [0.4, 0.5) is 0 Å². The molecule has 1 aliphatic heterocycles. The lowest BCUT2D eigenvalue weighted by atomic mass is 10.0. The van der Waals surface area contributed by atoms with Gasteiger partial charge in [0.05, 0.1) is 26.9 Å². The van der Waals surface area contributed by atoms with Crippen molar-refractivity contribution in [1.29, 1.82) is 0 Å². The third-order valence-electron chi connectivity index (χ3n) is 4.78. The highest BCUT2D eigenvalue weighted by Crippen LogP contribution is 2.34. The van der Waals surface area contributed by atoms with Gasteiger partial charge >= 0.3 is 0 Å². The Morgan fingerprint density at radius 3 is 2.70 bits per heavy atom. The van der Waals surface area contributed by atoms with E-state index in [1.165, 1.54) is 12.8 Å². The molecule has 1 aromatic rings. The SMILES string of the molecule is COc1ccc(OC)c(C(O)CN(CC2CCOC2)C2CC2)c1. The molecule has 2 atom stereocenters. The van der Waals surface area contributed by atoms with Crippen LogP contribution < -0.4 is 9.47 Å². The summed E-state index contributed by atoms with van der Waals surface area (Å²) in [5.74, 6) is 2.04. The smallest absolute Gasteiger partial charge is 0.124 e. The van der Waals surface area contributed by atoms with Gasteiger partial charge in [-0.1, -0.05) is 0 Å². The number of hydrogen-bond acceptors (Lipinski definition) is 5. The van der Waals surface area contributed by atoms with Gasteiger partial charge in [0.25, 0.3) is 0 Å². The molecule has 0 amide bonds. The molecule has 0 bridgehead atoms. The molecule has 1 N–H and O–H groups in total. The van der Waals surface area contributed by atoms with Crippen LogP contribution in [0.15, 0.2) is 18.2 Å². The zero-order valence-corrected chi connectivity index (χ0v) is 14.0. The molecule has 3 rings (SSSR count). The summed E-state index contributed by atoms with van der Waals surface area (Å²) in [6.07, 6.45) is 3.01. The van der Waals surface area contributed by atoms with Gasteiger partial charge in [0.1, 0.15) is 11.5 Å². The molecule has 1 aliphatic carbocycles. The highest BCUT2D eigenvalue weighted by molar-refractivity contribution is 5.41. The topological polar surface area (TPSA) is 51.2 Å². The maximum Gasteiger partial charge on any atom is 0.124 e. The Hall–Kier alpha value is -1.30. The van der Waals surface area contributed by atoms with E-state index in [4.69, 9.17) is 14.2 Å². The summed E-state index contributed by atoms with van der Waals surface area (Å²) >= 11 is 0. The highest BCUT2D eigenvalue weighted by atomic mass is 16.5. The lowest BCUT2D eigenvalue weighted by Crippen LogP contribution is -2.35. The number of ether oxygens (including phenoxy) is 3. The average Bonchev–Trinajstić information content (AvgIpc) is 3.31. The Balaban J connectivity index is 1.69. The minimum atomic E-state index is -0.581. The van der Waals surface area contributed by atoms with Crippen LogP contribution in [0.2, 0.25) is 0 Å². The van der Waals surface area contributed by atoms with Gasteiger partial charge in [-0.15, -0.1) is 0 Å². The predicted octanol–water partition coefficient (Wildman–Crippen LogP) is 2.24. The Kier molecular flexibility index (Phi) is 5.41. The minimum absolute atomic E-state index is 0.581. The maximum atomic E-state index is 10.8. The number of hydrogen-bond donors (Lipinski definition) is 1. The van der Waals surface area contributed by atoms with Gasteiger partial charge in [0.15, 0.2) is 0 Å². The van der Waals surface area contributed by atoms with Gasteiger partial charge in [-0.3, -0.25) is 4.90 Å². The van der Waals surface area contributed by atoms with Crippen LogP contribution >= 0.6 is 0 Å². The standard InChI is InChI=1S/C18H27NO4/c1-21-15-5-6-18(22-2)16(9-15)17(20)11-19(14-3-4-14)10-13-7-8-23-12-13/h5-6,9,13-14,17,20H,3-4,7-8,10-12H2,1-2H3. The van der Waals surface area contributed by atoms with Crippen molar-refractivity contribution in [2.45, 2.75) is 31.4 Å². The van der Waals surface area contributed by atoms with Crippen LogP contribution in [0.25, 0.3) is 0 Å². The molecule has 1 aromatic carbocycles. The van der Waals surface area contributed by atoms with Crippen LogP contribution in [-0.2, 0) is 4.74 Å². The Morgan fingerprint density at radius 2 is 2.09 bits per heavy atom. The largest absolute Gasteiger partial charge is 0.497 e. The predicted molar refractivity (Wildman–Crippen MR) is 88.0 cm³/mol. The summed E-state index contributed by atoms with van der Waals surface area (Å²) in [6, 6.07) is 6.18. The number of methoxy groups -OCH3 is 2. The van der Waals surface area contributed by atoms with Crippen molar-refractivity contribution >= 4 is 0 Å². The van der Waals surface area contributed by atoms with Crippen LogP contribution in [0, 0.1) is 5.92 Å². The zero-order chi connectivity index (χ0) is 16.2. The zero-order valence-electron chi connectivity index (χ0n) is 14.0. The Bertz CT molecular complexity index is 512. The molecule has 128 valence electrons. The fourth-order valence-corrected chi connectivity index (χ4v) is 3.29. The van der Waals surface area contributed by atoms with E-state index in [1.54, 1.807) is 14.2 Å². The maximum absolute atomic E-state index is 10.8. The summed E-state index contributed by atoms with van der Waals surface area (Å²) < 4.78 is 16.2. The molecule has 0 radical (unpaired) electrons. The van der Waals surface area contributed by atoms with Crippen molar-refractivity contribution in [1.82, 2.24) is 4.90 Å².